The van der Waals surface area contributed by atoms with Gasteiger partial charge >= 0.3 is 0 Å². The highest BCUT2D eigenvalue weighted by Gasteiger charge is 2.01. The first kappa shape index (κ1) is 26.5. The van der Waals surface area contributed by atoms with E-state index in [9.17, 15) is 4.79 Å². The third-order valence-electron chi connectivity index (χ3n) is 5.64. The van der Waals surface area contributed by atoms with Gasteiger partial charge in [0.05, 0.1) is 13.7 Å². The lowest BCUT2D eigenvalue weighted by Gasteiger charge is -2.08. The van der Waals surface area contributed by atoms with E-state index in [1.807, 2.05) is 24.3 Å². The first-order valence-corrected chi connectivity index (χ1v) is 12.4. The zero-order valence-electron chi connectivity index (χ0n) is 19.6. The second-order valence-corrected chi connectivity index (χ2v) is 8.40. The van der Waals surface area contributed by atoms with Crippen molar-refractivity contribution in [2.45, 2.75) is 103 Å². The van der Waals surface area contributed by atoms with Crippen molar-refractivity contribution in [1.29, 1.82) is 0 Å². The molecule has 0 aliphatic heterocycles. The Bertz CT molecular complexity index is 516. The van der Waals surface area contributed by atoms with Crippen molar-refractivity contribution >= 4 is 5.91 Å². The number of hydrogen-bond donors (Lipinski definition) is 2. The van der Waals surface area contributed by atoms with E-state index in [-0.39, 0.29) is 5.91 Å². The number of hydrogen-bond acceptors (Lipinski definition) is 3. The summed E-state index contributed by atoms with van der Waals surface area (Å²) in [6.07, 6.45) is 19.2. The summed E-state index contributed by atoms with van der Waals surface area (Å²) >= 11 is 0. The molecule has 0 bridgehead atoms. The van der Waals surface area contributed by atoms with Crippen LogP contribution >= 0.6 is 0 Å². The number of amides is 1. The largest absolute Gasteiger partial charge is 0.497 e. The third-order valence-corrected chi connectivity index (χ3v) is 5.64. The summed E-state index contributed by atoms with van der Waals surface area (Å²) in [5, 5.41) is 6.20. The minimum atomic E-state index is 0.0520. The number of methoxy groups -OCH3 is 1. The molecule has 0 saturated carbocycles. The highest BCUT2D eigenvalue weighted by atomic mass is 16.5. The summed E-state index contributed by atoms with van der Waals surface area (Å²) in [6, 6.07) is 7.77. The Hall–Kier alpha value is -1.55. The normalized spacial score (nSPS) is 10.9. The van der Waals surface area contributed by atoms with Crippen LogP contribution < -0.4 is 15.4 Å². The molecule has 0 heterocycles. The van der Waals surface area contributed by atoms with Gasteiger partial charge in [-0.3, -0.25) is 4.79 Å². The van der Waals surface area contributed by atoms with Crippen LogP contribution in [-0.2, 0) is 11.3 Å². The van der Waals surface area contributed by atoms with Crippen LogP contribution in [0.15, 0.2) is 24.3 Å². The minimum Gasteiger partial charge on any atom is -0.497 e. The van der Waals surface area contributed by atoms with Gasteiger partial charge in [0.1, 0.15) is 5.75 Å². The van der Waals surface area contributed by atoms with E-state index in [1.165, 1.54) is 83.5 Å². The molecule has 0 atom stereocenters. The van der Waals surface area contributed by atoms with Crippen LogP contribution in [0.4, 0.5) is 0 Å². The van der Waals surface area contributed by atoms with Crippen LogP contribution in [0, 0.1) is 0 Å². The van der Waals surface area contributed by atoms with Crippen molar-refractivity contribution in [1.82, 2.24) is 10.6 Å². The zero-order chi connectivity index (χ0) is 21.7. The van der Waals surface area contributed by atoms with Crippen molar-refractivity contribution in [2.24, 2.45) is 0 Å². The fraction of sp³-hybridized carbons (Fsp3) is 0.731. The van der Waals surface area contributed by atoms with E-state index >= 15 is 0 Å². The predicted octanol–water partition coefficient (Wildman–Crippen LogP) is 6.38. The van der Waals surface area contributed by atoms with E-state index < -0.39 is 0 Å². The summed E-state index contributed by atoms with van der Waals surface area (Å²) in [5.74, 6) is 0.885. The zero-order valence-corrected chi connectivity index (χ0v) is 19.6. The Morgan fingerprint density at radius 1 is 0.767 bits per heavy atom. The first-order valence-electron chi connectivity index (χ1n) is 12.4. The average molecular weight is 419 g/mol. The standard InChI is InChI=1S/C26H46N2O2/c1-3-4-5-6-7-8-9-10-11-12-13-14-15-16-21-27-23-26(29)28-22-24-17-19-25(30-2)20-18-24/h17-20,27H,3-16,21-23H2,1-2H3,(H,28,29). The van der Waals surface area contributed by atoms with Gasteiger partial charge in [0, 0.05) is 6.54 Å². The smallest absolute Gasteiger partial charge is 0.234 e. The molecule has 1 amide bonds. The molecule has 1 aromatic carbocycles. The summed E-state index contributed by atoms with van der Waals surface area (Å²) < 4.78 is 5.14. The van der Waals surface area contributed by atoms with Crippen molar-refractivity contribution in [3.8, 4) is 5.75 Å². The second-order valence-electron chi connectivity index (χ2n) is 8.40. The molecule has 0 aliphatic carbocycles. The molecule has 1 aromatic rings. The van der Waals surface area contributed by atoms with Crippen LogP contribution in [0.2, 0.25) is 0 Å². The lowest BCUT2D eigenvalue weighted by Crippen LogP contribution is -2.33. The van der Waals surface area contributed by atoms with E-state index in [4.69, 9.17) is 4.74 Å². The number of unbranched alkanes of at least 4 members (excludes halogenated alkanes) is 13. The van der Waals surface area contributed by atoms with Crippen LogP contribution in [0.1, 0.15) is 102 Å². The molecule has 4 nitrogen and oxygen atoms in total. The molecule has 0 saturated heterocycles. The van der Waals surface area contributed by atoms with Crippen molar-refractivity contribution in [3.63, 3.8) is 0 Å². The monoisotopic (exact) mass is 418 g/mol. The van der Waals surface area contributed by atoms with Crippen molar-refractivity contribution in [2.75, 3.05) is 20.2 Å². The number of benzene rings is 1. The molecule has 0 aliphatic rings. The molecule has 172 valence electrons. The number of ether oxygens (including phenoxy) is 1. The summed E-state index contributed by atoms with van der Waals surface area (Å²) in [7, 11) is 1.65. The van der Waals surface area contributed by atoms with Gasteiger partial charge in [-0.05, 0) is 30.7 Å². The van der Waals surface area contributed by atoms with E-state index in [0.29, 0.717) is 13.1 Å². The van der Waals surface area contributed by atoms with Crippen LogP contribution in [0.25, 0.3) is 0 Å². The molecule has 4 heteroatoms. The molecule has 0 radical (unpaired) electrons. The first-order chi connectivity index (χ1) is 14.8. The SMILES string of the molecule is CCCCCCCCCCCCCCCCNCC(=O)NCc1ccc(OC)cc1. The molecule has 1 rings (SSSR count). The van der Waals surface area contributed by atoms with Gasteiger partial charge < -0.3 is 15.4 Å². The second kappa shape index (κ2) is 19.4. The molecule has 0 spiro atoms. The lowest BCUT2D eigenvalue weighted by atomic mass is 10.0. The molecule has 2 N–H and O–H groups in total. The third kappa shape index (κ3) is 15.3. The number of rotatable bonds is 20. The maximum Gasteiger partial charge on any atom is 0.234 e. The Morgan fingerprint density at radius 3 is 1.77 bits per heavy atom. The number of carbonyl (C=O) groups excluding carboxylic acids is 1. The topological polar surface area (TPSA) is 50.4 Å². The lowest BCUT2D eigenvalue weighted by molar-refractivity contribution is -0.120. The molecule has 30 heavy (non-hydrogen) atoms. The van der Waals surface area contributed by atoms with E-state index in [1.54, 1.807) is 7.11 Å². The summed E-state index contributed by atoms with van der Waals surface area (Å²) in [5.41, 5.74) is 1.08. The van der Waals surface area contributed by atoms with Crippen LogP contribution in [0.5, 0.6) is 5.75 Å². The summed E-state index contributed by atoms with van der Waals surface area (Å²) in [6.45, 7) is 4.16. The van der Waals surface area contributed by atoms with Gasteiger partial charge in [-0.1, -0.05) is 103 Å². The van der Waals surface area contributed by atoms with Crippen LogP contribution in [-0.4, -0.2) is 26.1 Å². The van der Waals surface area contributed by atoms with Gasteiger partial charge in [0.2, 0.25) is 5.91 Å². The Morgan fingerprint density at radius 2 is 1.27 bits per heavy atom. The predicted molar refractivity (Wildman–Crippen MR) is 128 cm³/mol. The molecule has 0 fully saturated rings. The molecular formula is C26H46N2O2. The average Bonchev–Trinajstić information content (AvgIpc) is 2.77. The van der Waals surface area contributed by atoms with E-state index in [0.717, 1.165) is 24.3 Å². The summed E-state index contributed by atoms with van der Waals surface area (Å²) in [4.78, 5) is 11.9. The number of carbonyl (C=O) groups is 1. The number of nitrogens with one attached hydrogen (secondary N) is 2. The highest BCUT2D eigenvalue weighted by Crippen LogP contribution is 2.13. The molecular weight excluding hydrogens is 372 g/mol. The Labute approximate surface area is 185 Å². The fourth-order valence-electron chi connectivity index (χ4n) is 3.65. The van der Waals surface area contributed by atoms with Gasteiger partial charge in [-0.15, -0.1) is 0 Å². The van der Waals surface area contributed by atoms with Gasteiger partial charge in [0.15, 0.2) is 0 Å². The minimum absolute atomic E-state index is 0.0520. The maximum atomic E-state index is 11.9. The van der Waals surface area contributed by atoms with Gasteiger partial charge in [0.25, 0.3) is 0 Å². The molecule has 0 aromatic heterocycles. The molecule has 0 unspecified atom stereocenters. The van der Waals surface area contributed by atoms with Gasteiger partial charge in [-0.25, -0.2) is 0 Å². The van der Waals surface area contributed by atoms with Crippen LogP contribution in [0.3, 0.4) is 0 Å². The van der Waals surface area contributed by atoms with Gasteiger partial charge in [-0.2, -0.15) is 0 Å². The van der Waals surface area contributed by atoms with Crippen molar-refractivity contribution < 1.29 is 9.53 Å². The van der Waals surface area contributed by atoms with Crippen molar-refractivity contribution in [3.05, 3.63) is 29.8 Å². The quantitative estimate of drug-likeness (QED) is 0.241. The van der Waals surface area contributed by atoms with E-state index in [2.05, 4.69) is 17.6 Å². The highest BCUT2D eigenvalue weighted by molar-refractivity contribution is 5.77. The fourth-order valence-corrected chi connectivity index (χ4v) is 3.65. The Kier molecular flexibility index (Phi) is 17.1. The Balaban J connectivity index is 1.81. The maximum absolute atomic E-state index is 11.9.